The molecule has 3 heterocycles. The summed E-state index contributed by atoms with van der Waals surface area (Å²) < 4.78 is 39.1. The van der Waals surface area contributed by atoms with Gasteiger partial charge in [-0.25, -0.2) is 0 Å². The first kappa shape index (κ1) is 19.4. The molecule has 1 aromatic carbocycles. The molecule has 152 valence electrons. The van der Waals surface area contributed by atoms with E-state index in [1.165, 1.54) is 6.20 Å². The second-order valence-corrected chi connectivity index (χ2v) is 7.49. The van der Waals surface area contributed by atoms with Gasteiger partial charge >= 0.3 is 6.18 Å². The number of nitrogens with one attached hydrogen (secondary N) is 2. The average molecular weight is 401 g/mol. The molecule has 0 aliphatic carbocycles. The summed E-state index contributed by atoms with van der Waals surface area (Å²) in [5.74, 6) is 0. The molecule has 29 heavy (non-hydrogen) atoms. The van der Waals surface area contributed by atoms with Crippen LogP contribution < -0.4 is 5.32 Å². The van der Waals surface area contributed by atoms with E-state index in [-0.39, 0.29) is 0 Å². The number of hydrogen-bond acceptors (Lipinski definition) is 4. The molecule has 0 spiro atoms. The van der Waals surface area contributed by atoms with Crippen LogP contribution in [0.25, 0.3) is 27.7 Å². The van der Waals surface area contributed by atoms with Gasteiger partial charge in [0.1, 0.15) is 5.69 Å². The van der Waals surface area contributed by atoms with E-state index in [0.29, 0.717) is 28.6 Å². The number of hydrogen-bond donors (Lipinski definition) is 2. The van der Waals surface area contributed by atoms with E-state index < -0.39 is 11.7 Å². The molecule has 3 aromatic rings. The molecule has 2 N–H and O–H groups in total. The number of rotatable bonds is 4. The van der Waals surface area contributed by atoms with Crippen molar-refractivity contribution < 1.29 is 13.2 Å². The minimum Gasteiger partial charge on any atom is -0.381 e. The van der Waals surface area contributed by atoms with Gasteiger partial charge in [0, 0.05) is 29.4 Å². The normalized spacial score (nSPS) is 16.3. The van der Waals surface area contributed by atoms with Crippen molar-refractivity contribution in [2.75, 3.05) is 20.1 Å². The molecule has 2 aromatic heterocycles. The smallest absolute Gasteiger partial charge is 0.381 e. The van der Waals surface area contributed by atoms with Crippen LogP contribution in [0.3, 0.4) is 0 Å². The van der Waals surface area contributed by atoms with E-state index in [9.17, 15) is 13.2 Å². The highest BCUT2D eigenvalue weighted by Crippen LogP contribution is 2.33. The van der Waals surface area contributed by atoms with Crippen molar-refractivity contribution in [2.24, 2.45) is 0 Å². The van der Waals surface area contributed by atoms with E-state index >= 15 is 0 Å². The van der Waals surface area contributed by atoms with E-state index in [2.05, 4.69) is 39.0 Å². The minimum absolute atomic E-state index is 0.335. The summed E-state index contributed by atoms with van der Waals surface area (Å²) >= 11 is 0. The molecule has 1 saturated heterocycles. The summed E-state index contributed by atoms with van der Waals surface area (Å²) in [6, 6.07) is 6.84. The van der Waals surface area contributed by atoms with Crippen molar-refractivity contribution in [3.63, 3.8) is 0 Å². The molecule has 4 rings (SSSR count). The van der Waals surface area contributed by atoms with Gasteiger partial charge in [0.15, 0.2) is 0 Å². The quantitative estimate of drug-likeness (QED) is 0.685. The topological polar surface area (TPSA) is 56.8 Å². The van der Waals surface area contributed by atoms with Gasteiger partial charge in [-0.15, -0.1) is 0 Å². The number of halogens is 3. The lowest BCUT2D eigenvalue weighted by Crippen LogP contribution is -2.40. The summed E-state index contributed by atoms with van der Waals surface area (Å²) in [6.07, 6.45) is -0.112. The molecule has 1 aliphatic heterocycles. The maximum Gasteiger partial charge on any atom is 0.417 e. The van der Waals surface area contributed by atoms with Gasteiger partial charge in [0.25, 0.3) is 0 Å². The van der Waals surface area contributed by atoms with Crippen molar-refractivity contribution in [3.8, 4) is 11.1 Å². The zero-order valence-electron chi connectivity index (χ0n) is 16.1. The summed E-state index contributed by atoms with van der Waals surface area (Å²) in [6.45, 7) is 6.19. The molecular formula is C21H22F3N5. The number of H-pyrrole nitrogens is 1. The fourth-order valence-corrected chi connectivity index (χ4v) is 3.64. The predicted molar refractivity (Wildman–Crippen MR) is 107 cm³/mol. The molecule has 0 saturated carbocycles. The maximum absolute atomic E-state index is 13.0. The lowest BCUT2D eigenvalue weighted by atomic mass is 10.0. The number of nitrogens with zero attached hydrogens (tertiary/aromatic N) is 3. The van der Waals surface area contributed by atoms with E-state index in [1.54, 1.807) is 6.07 Å². The molecule has 5 nitrogen and oxygen atoms in total. The summed E-state index contributed by atoms with van der Waals surface area (Å²) in [5.41, 5.74) is 2.48. The van der Waals surface area contributed by atoms with Crippen molar-refractivity contribution in [3.05, 3.63) is 54.5 Å². The molecular weight excluding hydrogens is 379 g/mol. The van der Waals surface area contributed by atoms with Crippen LogP contribution >= 0.6 is 0 Å². The lowest BCUT2D eigenvalue weighted by molar-refractivity contribution is -0.137. The fourth-order valence-electron chi connectivity index (χ4n) is 3.64. The predicted octanol–water partition coefficient (Wildman–Crippen LogP) is 4.30. The summed E-state index contributed by atoms with van der Waals surface area (Å²) in [4.78, 5) is 6.05. The highest BCUT2D eigenvalue weighted by molar-refractivity contribution is 5.92. The zero-order valence-corrected chi connectivity index (χ0v) is 16.1. The molecule has 1 aliphatic rings. The second-order valence-electron chi connectivity index (χ2n) is 7.49. The first-order valence-corrected chi connectivity index (χ1v) is 9.46. The van der Waals surface area contributed by atoms with Crippen LogP contribution in [0.2, 0.25) is 0 Å². The van der Waals surface area contributed by atoms with E-state index in [1.807, 2.05) is 12.1 Å². The van der Waals surface area contributed by atoms with Gasteiger partial charge in [-0.3, -0.25) is 10.1 Å². The Balaban J connectivity index is 1.62. The second kappa shape index (κ2) is 7.51. The monoisotopic (exact) mass is 401 g/mol. The molecule has 0 amide bonds. The van der Waals surface area contributed by atoms with Gasteiger partial charge in [0.2, 0.25) is 0 Å². The average Bonchev–Trinajstić information content (AvgIpc) is 3.12. The Labute approximate surface area is 166 Å². The van der Waals surface area contributed by atoms with Crippen LogP contribution in [0, 0.1) is 0 Å². The van der Waals surface area contributed by atoms with Crippen molar-refractivity contribution >= 4 is 16.6 Å². The summed E-state index contributed by atoms with van der Waals surface area (Å²) in [5, 5.41) is 11.6. The van der Waals surface area contributed by atoms with Crippen LogP contribution in [0.5, 0.6) is 0 Å². The fraction of sp³-hybridized carbons (Fsp3) is 0.333. The Morgan fingerprint density at radius 2 is 1.93 bits per heavy atom. The van der Waals surface area contributed by atoms with Gasteiger partial charge in [-0.05, 0) is 56.7 Å². The number of piperidine rings is 1. The van der Waals surface area contributed by atoms with Crippen molar-refractivity contribution in [1.29, 1.82) is 0 Å². The Morgan fingerprint density at radius 3 is 2.66 bits per heavy atom. The minimum atomic E-state index is -4.43. The van der Waals surface area contributed by atoms with Gasteiger partial charge < -0.3 is 10.2 Å². The molecule has 0 radical (unpaired) electrons. The maximum atomic E-state index is 13.0. The van der Waals surface area contributed by atoms with Crippen molar-refractivity contribution in [2.45, 2.75) is 25.1 Å². The number of alkyl halides is 3. The van der Waals surface area contributed by atoms with Gasteiger partial charge in [-0.2, -0.15) is 18.3 Å². The van der Waals surface area contributed by atoms with E-state index in [4.69, 9.17) is 0 Å². The van der Waals surface area contributed by atoms with Crippen LogP contribution in [-0.2, 0) is 6.18 Å². The number of aromatic nitrogens is 3. The van der Waals surface area contributed by atoms with Gasteiger partial charge in [-0.1, -0.05) is 12.6 Å². The number of pyridine rings is 1. The number of likely N-dealkylation sites (tertiary alicyclic amines) is 1. The SMILES string of the molecule is C=C(NC1CCN(C)CC1)c1n[nH]c2ccc(-c3cncc(C(F)(F)F)c3)cc12. The Morgan fingerprint density at radius 1 is 1.17 bits per heavy atom. The van der Waals surface area contributed by atoms with Crippen LogP contribution in [0.1, 0.15) is 24.1 Å². The Hall–Kier alpha value is -2.87. The number of benzene rings is 1. The summed E-state index contributed by atoms with van der Waals surface area (Å²) in [7, 11) is 2.11. The van der Waals surface area contributed by atoms with Crippen LogP contribution in [-0.4, -0.2) is 46.3 Å². The van der Waals surface area contributed by atoms with Crippen molar-refractivity contribution in [1.82, 2.24) is 25.4 Å². The Bertz CT molecular complexity index is 1030. The Kier molecular flexibility index (Phi) is 5.04. The highest BCUT2D eigenvalue weighted by Gasteiger charge is 2.31. The number of fused-ring (bicyclic) bond motifs is 1. The number of aromatic amines is 1. The lowest BCUT2D eigenvalue weighted by Gasteiger charge is -2.30. The zero-order chi connectivity index (χ0) is 20.6. The third-order valence-corrected chi connectivity index (χ3v) is 5.34. The highest BCUT2D eigenvalue weighted by atomic mass is 19.4. The third-order valence-electron chi connectivity index (χ3n) is 5.34. The third kappa shape index (κ3) is 4.12. The largest absolute Gasteiger partial charge is 0.417 e. The molecule has 0 bridgehead atoms. The molecule has 1 fully saturated rings. The molecule has 0 atom stereocenters. The van der Waals surface area contributed by atoms with E-state index in [0.717, 1.165) is 49.1 Å². The first-order valence-electron chi connectivity index (χ1n) is 9.46. The van der Waals surface area contributed by atoms with Crippen LogP contribution in [0.4, 0.5) is 13.2 Å². The first-order chi connectivity index (χ1) is 13.8. The van der Waals surface area contributed by atoms with Gasteiger partial charge in [0.05, 0.1) is 16.8 Å². The molecule has 8 heteroatoms. The molecule has 0 unspecified atom stereocenters. The van der Waals surface area contributed by atoms with Crippen LogP contribution in [0.15, 0.2) is 43.2 Å². The standard InChI is InChI=1S/C21H22F3N5/c1-13(26-17-5-7-29(2)8-6-17)20-18-10-14(3-4-19(18)27-28-20)15-9-16(12-25-11-15)21(22,23)24/h3-4,9-12,17,26H,1,5-8H2,2H3,(H,27,28).